The molecular formula is C15H24N2O2. The van der Waals surface area contributed by atoms with Crippen LogP contribution in [0, 0.1) is 0 Å². The minimum absolute atomic E-state index is 0.0629. The zero-order valence-corrected chi connectivity index (χ0v) is 12.0. The van der Waals surface area contributed by atoms with Crippen LogP contribution in [0.2, 0.25) is 0 Å². The van der Waals surface area contributed by atoms with Crippen LogP contribution in [0.15, 0.2) is 24.3 Å². The lowest BCUT2D eigenvalue weighted by molar-refractivity contribution is -0.123. The van der Waals surface area contributed by atoms with Gasteiger partial charge in [-0.05, 0) is 26.0 Å². The smallest absolute Gasteiger partial charge is 0.257 e. The quantitative estimate of drug-likeness (QED) is 0.757. The highest BCUT2D eigenvalue weighted by Gasteiger charge is 2.13. The Hall–Kier alpha value is -1.55. The Morgan fingerprint density at radius 1 is 1.21 bits per heavy atom. The summed E-state index contributed by atoms with van der Waals surface area (Å²) in [6.45, 7) is 7.70. The highest BCUT2D eigenvalue weighted by Crippen LogP contribution is 2.26. The summed E-state index contributed by atoms with van der Waals surface area (Å²) >= 11 is 0. The normalized spacial score (nSPS) is 11.9. The van der Waals surface area contributed by atoms with Gasteiger partial charge in [-0.15, -0.1) is 0 Å². The van der Waals surface area contributed by atoms with Crippen molar-refractivity contribution in [1.82, 2.24) is 10.6 Å². The van der Waals surface area contributed by atoms with E-state index in [1.54, 1.807) is 0 Å². The van der Waals surface area contributed by atoms with Crippen molar-refractivity contribution in [2.24, 2.45) is 0 Å². The molecule has 4 heteroatoms. The molecule has 0 saturated heterocycles. The number of ether oxygens (including phenoxy) is 1. The molecule has 0 saturated carbocycles. The number of nitrogens with one attached hydrogen (secondary N) is 2. The van der Waals surface area contributed by atoms with Gasteiger partial charge in [0, 0.05) is 18.2 Å². The molecule has 1 aromatic rings. The van der Waals surface area contributed by atoms with Gasteiger partial charge in [0.2, 0.25) is 0 Å². The molecule has 0 aliphatic rings. The summed E-state index contributed by atoms with van der Waals surface area (Å²) in [5, 5.41) is 6.15. The number of benzene rings is 1. The number of para-hydroxylation sites is 1. The molecule has 4 nitrogen and oxygen atoms in total. The molecule has 0 radical (unpaired) electrons. The molecule has 0 fully saturated rings. The summed E-state index contributed by atoms with van der Waals surface area (Å²) in [5.41, 5.74) is 1.11. The van der Waals surface area contributed by atoms with Crippen molar-refractivity contribution in [3.63, 3.8) is 0 Å². The van der Waals surface area contributed by atoms with E-state index in [-0.39, 0.29) is 18.6 Å². The topological polar surface area (TPSA) is 50.4 Å². The predicted molar refractivity (Wildman–Crippen MR) is 77.3 cm³/mol. The molecule has 1 unspecified atom stereocenters. The molecule has 0 spiro atoms. The Morgan fingerprint density at radius 2 is 1.95 bits per heavy atom. The van der Waals surface area contributed by atoms with E-state index in [9.17, 15) is 4.79 Å². The average molecular weight is 264 g/mol. The first-order chi connectivity index (χ1) is 9.22. The molecule has 1 aromatic carbocycles. The maximum absolute atomic E-state index is 11.4. The van der Waals surface area contributed by atoms with Crippen LogP contribution in [0.25, 0.3) is 0 Å². The first-order valence-corrected chi connectivity index (χ1v) is 6.94. The number of hydrogen-bond donors (Lipinski definition) is 2. The van der Waals surface area contributed by atoms with E-state index < -0.39 is 0 Å². The summed E-state index contributed by atoms with van der Waals surface area (Å²) in [5.74, 6) is 0.690. The van der Waals surface area contributed by atoms with Gasteiger partial charge in [-0.1, -0.05) is 32.0 Å². The second-order valence-electron chi connectivity index (χ2n) is 4.30. The number of carbonyl (C=O) groups is 1. The Bertz CT molecular complexity index is 393. The molecule has 0 aliphatic heterocycles. The maximum Gasteiger partial charge on any atom is 0.257 e. The fraction of sp³-hybridized carbons (Fsp3) is 0.533. The Balaban J connectivity index is 2.74. The van der Waals surface area contributed by atoms with Gasteiger partial charge < -0.3 is 15.4 Å². The highest BCUT2D eigenvalue weighted by molar-refractivity contribution is 5.77. The zero-order valence-electron chi connectivity index (χ0n) is 12.0. The van der Waals surface area contributed by atoms with Crippen LogP contribution in [0.5, 0.6) is 5.75 Å². The van der Waals surface area contributed by atoms with Crippen LogP contribution in [0.1, 0.15) is 38.8 Å². The minimum atomic E-state index is -0.0891. The van der Waals surface area contributed by atoms with Gasteiger partial charge in [-0.2, -0.15) is 0 Å². The molecule has 0 aromatic heterocycles. The van der Waals surface area contributed by atoms with Crippen molar-refractivity contribution >= 4 is 5.91 Å². The van der Waals surface area contributed by atoms with Gasteiger partial charge in [0.15, 0.2) is 6.61 Å². The summed E-state index contributed by atoms with van der Waals surface area (Å²) < 4.78 is 5.63. The van der Waals surface area contributed by atoms with Crippen molar-refractivity contribution in [2.75, 3.05) is 19.7 Å². The lowest BCUT2D eigenvalue weighted by Crippen LogP contribution is -2.29. The third-order valence-electron chi connectivity index (χ3n) is 2.89. The molecule has 1 atom stereocenters. The first-order valence-electron chi connectivity index (χ1n) is 6.94. The zero-order chi connectivity index (χ0) is 14.1. The van der Waals surface area contributed by atoms with E-state index in [0.29, 0.717) is 6.54 Å². The molecule has 1 rings (SSSR count). The lowest BCUT2D eigenvalue weighted by atomic mass is 10.0. The van der Waals surface area contributed by atoms with Crippen molar-refractivity contribution < 1.29 is 9.53 Å². The van der Waals surface area contributed by atoms with Gasteiger partial charge in [0.25, 0.3) is 5.91 Å². The Kier molecular flexibility index (Phi) is 6.97. The second-order valence-corrected chi connectivity index (χ2v) is 4.30. The van der Waals surface area contributed by atoms with E-state index in [0.717, 1.165) is 24.3 Å². The van der Waals surface area contributed by atoms with Gasteiger partial charge in [-0.25, -0.2) is 0 Å². The molecular weight excluding hydrogens is 240 g/mol. The van der Waals surface area contributed by atoms with Gasteiger partial charge >= 0.3 is 0 Å². The standard InChI is InChI=1S/C15H24N2O2/c1-4-13(16-5-2)12-9-7-8-10-14(12)19-11-15(18)17-6-3/h7-10,13,16H,4-6,11H2,1-3H3,(H,17,18). The van der Waals surface area contributed by atoms with Gasteiger partial charge in [0.05, 0.1) is 0 Å². The van der Waals surface area contributed by atoms with E-state index in [1.165, 1.54) is 0 Å². The fourth-order valence-electron chi connectivity index (χ4n) is 2.01. The van der Waals surface area contributed by atoms with Crippen LogP contribution in [-0.4, -0.2) is 25.6 Å². The highest BCUT2D eigenvalue weighted by atomic mass is 16.5. The van der Waals surface area contributed by atoms with Crippen LogP contribution >= 0.6 is 0 Å². The molecule has 0 bridgehead atoms. The van der Waals surface area contributed by atoms with Crippen molar-refractivity contribution in [3.8, 4) is 5.75 Å². The number of hydrogen-bond acceptors (Lipinski definition) is 3. The number of carbonyl (C=O) groups excluding carboxylic acids is 1. The van der Waals surface area contributed by atoms with Crippen molar-refractivity contribution in [2.45, 2.75) is 33.2 Å². The summed E-state index contributed by atoms with van der Waals surface area (Å²) in [6.07, 6.45) is 0.982. The minimum Gasteiger partial charge on any atom is -0.483 e. The average Bonchev–Trinajstić information content (AvgIpc) is 2.43. The monoisotopic (exact) mass is 264 g/mol. The third kappa shape index (κ3) is 4.91. The first kappa shape index (κ1) is 15.5. The lowest BCUT2D eigenvalue weighted by Gasteiger charge is -2.19. The largest absolute Gasteiger partial charge is 0.483 e. The third-order valence-corrected chi connectivity index (χ3v) is 2.89. The summed E-state index contributed by atoms with van der Waals surface area (Å²) in [4.78, 5) is 11.4. The molecule has 106 valence electrons. The van der Waals surface area contributed by atoms with Crippen LogP contribution in [0.3, 0.4) is 0 Å². The molecule has 19 heavy (non-hydrogen) atoms. The van der Waals surface area contributed by atoms with Crippen LogP contribution in [-0.2, 0) is 4.79 Å². The van der Waals surface area contributed by atoms with Crippen molar-refractivity contribution in [1.29, 1.82) is 0 Å². The predicted octanol–water partition coefficient (Wildman–Crippen LogP) is 2.26. The second kappa shape index (κ2) is 8.53. The van der Waals surface area contributed by atoms with E-state index in [1.807, 2.05) is 31.2 Å². The summed E-state index contributed by atoms with van der Waals surface area (Å²) in [6, 6.07) is 8.14. The van der Waals surface area contributed by atoms with Crippen LogP contribution < -0.4 is 15.4 Å². The SMILES string of the molecule is CCNC(=O)COc1ccccc1C(CC)NCC. The van der Waals surface area contributed by atoms with Crippen LogP contribution in [0.4, 0.5) is 0 Å². The number of likely N-dealkylation sites (N-methyl/N-ethyl adjacent to an activating group) is 1. The Morgan fingerprint density at radius 3 is 2.58 bits per heavy atom. The van der Waals surface area contributed by atoms with Crippen molar-refractivity contribution in [3.05, 3.63) is 29.8 Å². The summed E-state index contributed by atoms with van der Waals surface area (Å²) in [7, 11) is 0. The molecule has 0 aliphatic carbocycles. The Labute approximate surface area is 115 Å². The van der Waals surface area contributed by atoms with Gasteiger partial charge in [-0.3, -0.25) is 4.79 Å². The fourth-order valence-corrected chi connectivity index (χ4v) is 2.01. The molecule has 0 heterocycles. The molecule has 1 amide bonds. The van der Waals surface area contributed by atoms with E-state index in [2.05, 4.69) is 24.5 Å². The number of rotatable bonds is 8. The molecule has 2 N–H and O–H groups in total. The maximum atomic E-state index is 11.4. The van der Waals surface area contributed by atoms with E-state index >= 15 is 0 Å². The van der Waals surface area contributed by atoms with Gasteiger partial charge in [0.1, 0.15) is 5.75 Å². The van der Waals surface area contributed by atoms with E-state index in [4.69, 9.17) is 4.74 Å². The number of amides is 1.